The van der Waals surface area contributed by atoms with Crippen LogP contribution in [0.15, 0.2) is 0 Å². The van der Waals surface area contributed by atoms with Crippen molar-refractivity contribution in [3.63, 3.8) is 0 Å². The average molecular weight is 236 g/mol. The summed E-state index contributed by atoms with van der Waals surface area (Å²) in [5.41, 5.74) is -1.81. The first-order chi connectivity index (χ1) is 5.01. The summed E-state index contributed by atoms with van der Waals surface area (Å²) >= 11 is 0. The quantitative estimate of drug-likeness (QED) is 0.359. The standard InChI is InChI=1S/C7H12O4.2K/c1-3-7(4-2,5(8)9)6(10)11;;/h3-4H2,1-2H3,(H,8,9)(H,10,11);;/q;2*+1/p-2. The molecule has 0 aromatic rings. The number of hydrogen-bond donors (Lipinski definition) is 0. The van der Waals surface area contributed by atoms with E-state index in [1.165, 1.54) is 13.8 Å². The fraction of sp³-hybridized carbons (Fsp3) is 0.714. The van der Waals surface area contributed by atoms with E-state index in [-0.39, 0.29) is 116 Å². The Morgan fingerprint density at radius 1 is 1.00 bits per heavy atom. The predicted octanol–water partition coefficient (Wildman–Crippen LogP) is -7.70. The van der Waals surface area contributed by atoms with E-state index in [0.29, 0.717) is 0 Å². The second-order valence-corrected chi connectivity index (χ2v) is 2.36. The molecule has 0 saturated carbocycles. The Bertz CT molecular complexity index is 161. The first-order valence-electron chi connectivity index (χ1n) is 3.44. The van der Waals surface area contributed by atoms with E-state index < -0.39 is 17.4 Å². The maximum Gasteiger partial charge on any atom is 1.00 e. The molecule has 0 heterocycles. The molecule has 4 nitrogen and oxygen atoms in total. The van der Waals surface area contributed by atoms with E-state index in [0.717, 1.165) is 0 Å². The summed E-state index contributed by atoms with van der Waals surface area (Å²) in [7, 11) is 0. The first-order valence-corrected chi connectivity index (χ1v) is 3.44. The van der Waals surface area contributed by atoms with Crippen LogP contribution in [-0.4, -0.2) is 11.9 Å². The fourth-order valence-corrected chi connectivity index (χ4v) is 0.911. The summed E-state index contributed by atoms with van der Waals surface area (Å²) in [4.78, 5) is 20.8. The largest absolute Gasteiger partial charge is 1.00 e. The van der Waals surface area contributed by atoms with Gasteiger partial charge in [-0.25, -0.2) is 0 Å². The topological polar surface area (TPSA) is 80.3 Å². The van der Waals surface area contributed by atoms with Crippen molar-refractivity contribution >= 4 is 11.9 Å². The van der Waals surface area contributed by atoms with Gasteiger partial charge in [-0.05, 0) is 12.8 Å². The van der Waals surface area contributed by atoms with Gasteiger partial charge in [0.15, 0.2) is 0 Å². The maximum absolute atomic E-state index is 10.4. The number of aliphatic carboxylic acids is 2. The van der Waals surface area contributed by atoms with Crippen LogP contribution in [0, 0.1) is 5.41 Å². The molecule has 0 saturated heterocycles. The van der Waals surface area contributed by atoms with Crippen LogP contribution in [0.1, 0.15) is 26.7 Å². The van der Waals surface area contributed by atoms with Crippen LogP contribution in [0.3, 0.4) is 0 Å². The van der Waals surface area contributed by atoms with E-state index in [4.69, 9.17) is 0 Å². The summed E-state index contributed by atoms with van der Waals surface area (Å²) in [5.74, 6) is -3.13. The number of carbonyl (C=O) groups is 2. The molecule has 64 valence electrons. The van der Waals surface area contributed by atoms with Crippen molar-refractivity contribution in [2.24, 2.45) is 5.41 Å². The van der Waals surface area contributed by atoms with Gasteiger partial charge in [0.25, 0.3) is 0 Å². The Kier molecular flexibility index (Phi) is 15.0. The van der Waals surface area contributed by atoms with Crippen molar-refractivity contribution in [3.8, 4) is 0 Å². The molecule has 0 atom stereocenters. The van der Waals surface area contributed by atoms with Gasteiger partial charge in [-0.2, -0.15) is 0 Å². The average Bonchev–Trinajstić information content (AvgIpc) is 1.90. The van der Waals surface area contributed by atoms with Crippen molar-refractivity contribution in [3.05, 3.63) is 0 Å². The van der Waals surface area contributed by atoms with Gasteiger partial charge >= 0.3 is 103 Å². The van der Waals surface area contributed by atoms with Crippen LogP contribution in [0.2, 0.25) is 0 Å². The first kappa shape index (κ1) is 20.6. The number of carbonyl (C=O) groups excluding carboxylic acids is 2. The summed E-state index contributed by atoms with van der Waals surface area (Å²) in [6, 6.07) is 0. The van der Waals surface area contributed by atoms with E-state index in [2.05, 4.69) is 0 Å². The van der Waals surface area contributed by atoms with Gasteiger partial charge in [-0.15, -0.1) is 0 Å². The van der Waals surface area contributed by atoms with Gasteiger partial charge < -0.3 is 19.8 Å². The van der Waals surface area contributed by atoms with Crippen molar-refractivity contribution < 1.29 is 123 Å². The minimum absolute atomic E-state index is 0. The molecule has 0 aliphatic rings. The molecule has 0 aromatic heterocycles. The molecule has 0 rings (SSSR count). The van der Waals surface area contributed by atoms with Crippen LogP contribution in [0.4, 0.5) is 0 Å². The van der Waals surface area contributed by atoms with Gasteiger partial charge in [0.05, 0.1) is 11.9 Å². The number of carboxylic acids is 2. The van der Waals surface area contributed by atoms with Crippen molar-refractivity contribution in [2.75, 3.05) is 0 Å². The predicted molar refractivity (Wildman–Crippen MR) is 33.0 cm³/mol. The van der Waals surface area contributed by atoms with Gasteiger partial charge in [-0.1, -0.05) is 13.8 Å². The molecule has 13 heavy (non-hydrogen) atoms. The molecule has 6 heteroatoms. The monoisotopic (exact) mass is 236 g/mol. The Morgan fingerprint density at radius 3 is 1.23 bits per heavy atom. The molecular formula is C7H10K2O4. The Morgan fingerprint density at radius 2 is 1.23 bits per heavy atom. The zero-order valence-electron chi connectivity index (χ0n) is 8.55. The number of hydrogen-bond acceptors (Lipinski definition) is 4. The van der Waals surface area contributed by atoms with Crippen LogP contribution < -0.4 is 113 Å². The van der Waals surface area contributed by atoms with E-state index in [1.54, 1.807) is 0 Å². The molecule has 0 bridgehead atoms. The third-order valence-corrected chi connectivity index (χ3v) is 1.99. The molecule has 0 N–H and O–H groups in total. The second kappa shape index (κ2) is 9.44. The van der Waals surface area contributed by atoms with Crippen LogP contribution in [0.25, 0.3) is 0 Å². The Balaban J connectivity index is -0.000000500. The van der Waals surface area contributed by atoms with Crippen molar-refractivity contribution in [1.29, 1.82) is 0 Å². The minimum Gasteiger partial charge on any atom is -0.549 e. The Labute approximate surface area is 163 Å². The smallest absolute Gasteiger partial charge is 0.549 e. The zero-order valence-corrected chi connectivity index (χ0v) is 14.8. The zero-order chi connectivity index (χ0) is 9.07. The molecule has 0 radical (unpaired) electrons. The molecule has 0 aromatic carbocycles. The molecule has 0 amide bonds. The van der Waals surface area contributed by atoms with E-state index >= 15 is 0 Å². The molecular weight excluding hydrogens is 226 g/mol. The van der Waals surface area contributed by atoms with Crippen LogP contribution >= 0.6 is 0 Å². The van der Waals surface area contributed by atoms with Crippen molar-refractivity contribution in [2.45, 2.75) is 26.7 Å². The van der Waals surface area contributed by atoms with Gasteiger partial charge in [0, 0.05) is 5.41 Å². The van der Waals surface area contributed by atoms with Crippen molar-refractivity contribution in [1.82, 2.24) is 0 Å². The number of rotatable bonds is 4. The molecule has 0 aliphatic heterocycles. The third kappa shape index (κ3) is 5.19. The fourth-order valence-electron chi connectivity index (χ4n) is 0.911. The second-order valence-electron chi connectivity index (χ2n) is 2.36. The van der Waals surface area contributed by atoms with E-state index in [9.17, 15) is 19.8 Å². The normalized spacial score (nSPS) is 9.38. The Hall–Kier alpha value is 2.21. The van der Waals surface area contributed by atoms with Crippen LogP contribution in [-0.2, 0) is 9.59 Å². The molecule has 0 fully saturated rings. The van der Waals surface area contributed by atoms with Gasteiger partial charge in [0.2, 0.25) is 0 Å². The third-order valence-electron chi connectivity index (χ3n) is 1.99. The maximum atomic E-state index is 10.4. The minimum atomic E-state index is -1.81. The molecule has 0 spiro atoms. The van der Waals surface area contributed by atoms with Gasteiger partial charge in [-0.3, -0.25) is 0 Å². The summed E-state index contributed by atoms with van der Waals surface area (Å²) in [6.07, 6.45) is -0.0116. The summed E-state index contributed by atoms with van der Waals surface area (Å²) in [5, 5.41) is 20.8. The number of carboxylic acid groups (broad SMARTS) is 2. The summed E-state index contributed by atoms with van der Waals surface area (Å²) in [6.45, 7) is 2.96. The van der Waals surface area contributed by atoms with Gasteiger partial charge in [0.1, 0.15) is 0 Å². The molecule has 0 aliphatic carbocycles. The summed E-state index contributed by atoms with van der Waals surface area (Å²) < 4.78 is 0. The molecule has 0 unspecified atom stereocenters. The van der Waals surface area contributed by atoms with Crippen LogP contribution in [0.5, 0.6) is 0 Å². The van der Waals surface area contributed by atoms with E-state index in [1.807, 2.05) is 0 Å². The SMILES string of the molecule is CCC(CC)(C(=O)[O-])C(=O)[O-].[K+].[K+].